The van der Waals surface area contributed by atoms with Crippen molar-refractivity contribution in [1.82, 2.24) is 20.3 Å². The highest BCUT2D eigenvalue weighted by Gasteiger charge is 2.32. The Bertz CT molecular complexity index is 1060. The molecule has 8 heteroatoms. The second-order valence-electron chi connectivity index (χ2n) is 9.21. The monoisotopic (exact) mass is 525 g/mol. The molecule has 2 unspecified atom stereocenters. The topological polar surface area (TPSA) is 70.1 Å². The molecule has 200 valence electrons. The Morgan fingerprint density at radius 2 is 1.89 bits per heavy atom. The van der Waals surface area contributed by atoms with E-state index in [0.717, 1.165) is 22.7 Å². The Morgan fingerprint density at radius 3 is 2.54 bits per heavy atom. The van der Waals surface area contributed by atoms with Gasteiger partial charge in [-0.05, 0) is 64.0 Å². The number of halogens is 1. The van der Waals surface area contributed by atoms with Crippen molar-refractivity contribution in [2.45, 2.75) is 53.2 Å². The summed E-state index contributed by atoms with van der Waals surface area (Å²) in [5, 5.41) is 0.694. The molecular weight excluding hydrogens is 486 g/mol. The highest BCUT2D eigenvalue weighted by Crippen LogP contribution is 2.37. The van der Waals surface area contributed by atoms with Gasteiger partial charge in [0.05, 0.1) is 5.03 Å². The number of ketones is 1. The average Bonchev–Trinajstić information content (AvgIpc) is 3.49. The van der Waals surface area contributed by atoms with Gasteiger partial charge in [0.1, 0.15) is 0 Å². The highest BCUT2D eigenvalue weighted by atomic mass is 35.5. The predicted octanol–water partition coefficient (Wildman–Crippen LogP) is 5.43. The molecule has 1 aromatic rings. The number of Topliss-reactive ketones (excluding diaryl/α,β-unsaturated/α-hetero) is 1. The Kier molecular flexibility index (Phi) is 11.1. The van der Waals surface area contributed by atoms with Crippen LogP contribution in [0.3, 0.4) is 0 Å². The van der Waals surface area contributed by atoms with Crippen LogP contribution in [0.4, 0.5) is 0 Å². The Morgan fingerprint density at radius 1 is 1.19 bits per heavy atom. The molecule has 0 saturated carbocycles. The number of aliphatic imine (C=N–C) groups is 1. The largest absolute Gasteiger partial charge is 0.352 e. The number of allylic oxidation sites excluding steroid dienone is 5. The summed E-state index contributed by atoms with van der Waals surface area (Å²) in [7, 11) is 1.91. The molecule has 1 fully saturated rings. The molecule has 4 aliphatic rings. The SMILES string of the molecule is CC.CC(=O)C1=CN(C)C2=C(Cl)C=CC=CC12.CCCN1CCC(C2N=C(c3ccncc3)NO2)CC1. The number of pyridine rings is 1. The van der Waals surface area contributed by atoms with Crippen LogP contribution in [0, 0.1) is 11.8 Å². The number of aromatic nitrogens is 1. The zero-order valence-corrected chi connectivity index (χ0v) is 23.4. The molecule has 3 aliphatic heterocycles. The van der Waals surface area contributed by atoms with Crippen LogP contribution in [0.25, 0.3) is 0 Å². The average molecular weight is 526 g/mol. The van der Waals surface area contributed by atoms with Crippen molar-refractivity contribution in [3.05, 3.63) is 76.9 Å². The van der Waals surface area contributed by atoms with Crippen LogP contribution < -0.4 is 5.48 Å². The van der Waals surface area contributed by atoms with Crippen molar-refractivity contribution in [3.8, 4) is 0 Å². The predicted molar refractivity (Wildman–Crippen MR) is 151 cm³/mol. The fourth-order valence-electron chi connectivity index (χ4n) is 4.87. The van der Waals surface area contributed by atoms with Crippen LogP contribution in [0.15, 0.2) is 76.3 Å². The third-order valence-corrected chi connectivity index (χ3v) is 7.03. The van der Waals surface area contributed by atoms with Crippen molar-refractivity contribution in [3.63, 3.8) is 0 Å². The maximum atomic E-state index is 11.5. The lowest BCUT2D eigenvalue weighted by molar-refractivity contribution is -0.113. The van der Waals surface area contributed by atoms with E-state index in [1.54, 1.807) is 19.3 Å². The molecule has 2 atom stereocenters. The Hall–Kier alpha value is -2.74. The lowest BCUT2D eigenvalue weighted by atomic mass is 9.95. The second kappa shape index (κ2) is 14.3. The molecule has 0 bridgehead atoms. The highest BCUT2D eigenvalue weighted by molar-refractivity contribution is 6.31. The van der Waals surface area contributed by atoms with Gasteiger partial charge in [0.15, 0.2) is 17.8 Å². The first-order chi connectivity index (χ1) is 18.0. The standard InChI is InChI=1S/C15H22N4O.C12H12ClNO.C2H6/c1-2-9-19-10-5-13(6-11-19)15-17-14(18-20-15)12-3-7-16-8-4-12;1-8(15)10-7-14(2)12-9(10)5-3-4-6-11(12)13;1-2/h3-4,7-8,13,15H,2,5-6,9-11H2,1H3,(H,17,18);3-7,9H,1-2H3;1-2H3. The summed E-state index contributed by atoms with van der Waals surface area (Å²) in [6.07, 6.45) is 16.6. The number of piperidine rings is 1. The number of nitrogens with one attached hydrogen (secondary N) is 1. The number of hydrogen-bond donors (Lipinski definition) is 1. The first kappa shape index (κ1) is 28.8. The number of amidine groups is 1. The zero-order valence-electron chi connectivity index (χ0n) is 22.7. The maximum Gasteiger partial charge on any atom is 0.180 e. The van der Waals surface area contributed by atoms with E-state index in [9.17, 15) is 4.79 Å². The summed E-state index contributed by atoms with van der Waals surface area (Å²) in [5.41, 5.74) is 5.77. The minimum absolute atomic E-state index is 0.00926. The third kappa shape index (κ3) is 7.40. The molecule has 37 heavy (non-hydrogen) atoms. The number of carbonyl (C=O) groups is 1. The number of nitrogens with zero attached hydrogens (tertiary/aromatic N) is 4. The molecule has 0 amide bonds. The molecule has 5 rings (SSSR count). The van der Waals surface area contributed by atoms with Crippen molar-refractivity contribution in [1.29, 1.82) is 0 Å². The van der Waals surface area contributed by atoms with Gasteiger partial charge in [0.25, 0.3) is 0 Å². The van der Waals surface area contributed by atoms with Gasteiger partial charge in [-0.15, -0.1) is 0 Å². The molecule has 4 heterocycles. The van der Waals surface area contributed by atoms with Gasteiger partial charge in [-0.2, -0.15) is 0 Å². The van der Waals surface area contributed by atoms with Crippen molar-refractivity contribution >= 4 is 23.2 Å². The molecule has 1 aliphatic carbocycles. The van der Waals surface area contributed by atoms with Crippen LogP contribution in [-0.4, -0.2) is 59.3 Å². The van der Waals surface area contributed by atoms with Crippen molar-refractivity contribution in [2.24, 2.45) is 16.8 Å². The van der Waals surface area contributed by atoms with Crippen LogP contribution >= 0.6 is 11.6 Å². The summed E-state index contributed by atoms with van der Waals surface area (Å²) >= 11 is 6.15. The lowest BCUT2D eigenvalue weighted by Crippen LogP contribution is -2.38. The second-order valence-corrected chi connectivity index (χ2v) is 9.62. The van der Waals surface area contributed by atoms with Crippen molar-refractivity contribution < 1.29 is 9.63 Å². The number of carbonyl (C=O) groups excluding carboxylic acids is 1. The number of hydroxylamine groups is 1. The van der Waals surface area contributed by atoms with E-state index in [0.29, 0.717) is 11.0 Å². The Labute approximate surface area is 226 Å². The van der Waals surface area contributed by atoms with Gasteiger partial charge in [0.2, 0.25) is 0 Å². The minimum atomic E-state index is -0.0399. The molecule has 1 saturated heterocycles. The van der Waals surface area contributed by atoms with Crippen molar-refractivity contribution in [2.75, 3.05) is 26.7 Å². The minimum Gasteiger partial charge on any atom is -0.352 e. The third-order valence-electron chi connectivity index (χ3n) is 6.71. The molecule has 0 spiro atoms. The fraction of sp³-hybridized carbons (Fsp3) is 0.483. The summed E-state index contributed by atoms with van der Waals surface area (Å²) in [6, 6.07) is 3.89. The molecule has 0 aromatic carbocycles. The molecule has 7 nitrogen and oxygen atoms in total. The van der Waals surface area contributed by atoms with E-state index in [1.807, 2.05) is 68.4 Å². The first-order valence-electron chi connectivity index (χ1n) is 13.3. The summed E-state index contributed by atoms with van der Waals surface area (Å²) < 4.78 is 0. The summed E-state index contributed by atoms with van der Waals surface area (Å²) in [4.78, 5) is 30.3. The normalized spacial score (nSPS) is 23.1. The van der Waals surface area contributed by atoms with E-state index in [4.69, 9.17) is 21.4 Å². The number of fused-ring (bicyclic) bond motifs is 1. The van der Waals surface area contributed by atoms with Crippen LogP contribution in [0.1, 0.15) is 52.5 Å². The van der Waals surface area contributed by atoms with Gasteiger partial charge in [-0.25, -0.2) is 15.3 Å². The van der Waals surface area contributed by atoms with E-state index in [-0.39, 0.29) is 17.9 Å². The number of likely N-dealkylation sites (tertiary alicyclic amines) is 1. The fourth-order valence-corrected chi connectivity index (χ4v) is 5.19. The van der Waals surface area contributed by atoms with E-state index in [1.165, 1.54) is 38.9 Å². The zero-order chi connectivity index (χ0) is 26.8. The van der Waals surface area contributed by atoms with Gasteiger partial charge < -0.3 is 9.80 Å². The lowest BCUT2D eigenvalue weighted by Gasteiger charge is -2.32. The van der Waals surface area contributed by atoms with E-state index in [2.05, 4.69) is 22.3 Å². The van der Waals surface area contributed by atoms with Gasteiger partial charge >= 0.3 is 0 Å². The van der Waals surface area contributed by atoms with Gasteiger partial charge in [0, 0.05) is 54.3 Å². The van der Waals surface area contributed by atoms with Gasteiger partial charge in [-0.1, -0.05) is 50.6 Å². The smallest absolute Gasteiger partial charge is 0.180 e. The first-order valence-corrected chi connectivity index (χ1v) is 13.7. The van der Waals surface area contributed by atoms with Crippen LogP contribution in [-0.2, 0) is 9.63 Å². The van der Waals surface area contributed by atoms with Gasteiger partial charge in [-0.3, -0.25) is 9.78 Å². The number of rotatable bonds is 5. The molecule has 1 N–H and O–H groups in total. The molecule has 0 radical (unpaired) electrons. The van der Waals surface area contributed by atoms with Crippen LogP contribution in [0.5, 0.6) is 0 Å². The maximum absolute atomic E-state index is 11.5. The quantitative estimate of drug-likeness (QED) is 0.552. The molecule has 1 aromatic heterocycles. The van der Waals surface area contributed by atoms with Crippen LogP contribution in [0.2, 0.25) is 0 Å². The number of hydrogen-bond acceptors (Lipinski definition) is 7. The van der Waals surface area contributed by atoms with E-state index < -0.39 is 0 Å². The van der Waals surface area contributed by atoms with E-state index >= 15 is 0 Å². The molecular formula is C29H40ClN5O2. The Balaban J connectivity index is 0.000000200. The summed E-state index contributed by atoms with van der Waals surface area (Å²) in [6.45, 7) is 11.4. The summed E-state index contributed by atoms with van der Waals surface area (Å²) in [5.74, 6) is 1.45.